The van der Waals surface area contributed by atoms with Crippen LogP contribution in [0.5, 0.6) is 0 Å². The number of hydrogen-bond donors (Lipinski definition) is 4. The molecule has 0 fully saturated rings. The summed E-state index contributed by atoms with van der Waals surface area (Å²) >= 11 is 0. The lowest BCUT2D eigenvalue weighted by Gasteiger charge is -2.10. The Morgan fingerprint density at radius 1 is 1.00 bits per heavy atom. The van der Waals surface area contributed by atoms with Gasteiger partial charge in [-0.05, 0) is 30.3 Å². The van der Waals surface area contributed by atoms with Crippen LogP contribution in [0.1, 0.15) is 11.3 Å². The van der Waals surface area contributed by atoms with Gasteiger partial charge in [-0.1, -0.05) is 12.1 Å². The lowest BCUT2D eigenvalue weighted by atomic mass is 10.2. The number of amides is 1. The quantitative estimate of drug-likeness (QED) is 0.566. The van der Waals surface area contributed by atoms with Gasteiger partial charge < -0.3 is 20.8 Å². The Balaban J connectivity index is 0.000000568. The van der Waals surface area contributed by atoms with Gasteiger partial charge in [0.15, 0.2) is 0 Å². The molecule has 8 nitrogen and oxygen atoms in total. The zero-order chi connectivity index (χ0) is 21.2. The number of rotatable bonds is 5. The molecule has 0 radical (unpaired) electrons. The maximum Gasteiger partial charge on any atom is 0.416 e. The van der Waals surface area contributed by atoms with Crippen molar-refractivity contribution >= 4 is 23.5 Å². The number of alkyl halides is 3. The smallest absolute Gasteiger partial charge is 0.416 e. The summed E-state index contributed by atoms with van der Waals surface area (Å²) in [5.74, 6) is -4.07. The Morgan fingerprint density at radius 3 is 2.21 bits per heavy atom. The fraction of sp³-hybridized carbons (Fsp3) is 0.176. The van der Waals surface area contributed by atoms with E-state index in [2.05, 4.69) is 15.6 Å². The van der Waals surface area contributed by atoms with Gasteiger partial charge in [-0.2, -0.15) is 13.2 Å². The van der Waals surface area contributed by atoms with Gasteiger partial charge in [-0.25, -0.2) is 9.59 Å². The third-order valence-electron chi connectivity index (χ3n) is 2.97. The first-order chi connectivity index (χ1) is 13.1. The van der Waals surface area contributed by atoms with E-state index in [1.165, 1.54) is 12.1 Å². The molecular formula is C17H16F3N3O5. The molecule has 1 aromatic heterocycles. The average molecular weight is 399 g/mol. The van der Waals surface area contributed by atoms with Gasteiger partial charge >= 0.3 is 18.1 Å². The van der Waals surface area contributed by atoms with Gasteiger partial charge in [0.2, 0.25) is 5.91 Å². The maximum atomic E-state index is 12.6. The number of carbonyl (C=O) groups excluding carboxylic acids is 1. The standard InChI is InChI=1S/C15H14F3N3O.C2H2O4/c16-15(17,18)11-4-3-6-12(8-11)21-14(22)10-19-9-13-5-1-2-7-20-13;3-1(4)2(5)6/h1-8,19H,9-10H2,(H,21,22);(H,3,4)(H,5,6). The molecule has 28 heavy (non-hydrogen) atoms. The fourth-order valence-electron chi connectivity index (χ4n) is 1.79. The molecule has 0 bridgehead atoms. The predicted octanol–water partition coefficient (Wildman–Crippen LogP) is 1.98. The minimum Gasteiger partial charge on any atom is -0.473 e. The summed E-state index contributed by atoms with van der Waals surface area (Å²) < 4.78 is 37.7. The summed E-state index contributed by atoms with van der Waals surface area (Å²) in [6.07, 6.45) is -2.79. The summed E-state index contributed by atoms with van der Waals surface area (Å²) in [6.45, 7) is 0.379. The largest absolute Gasteiger partial charge is 0.473 e. The Kier molecular flexibility index (Phi) is 8.56. The number of nitrogens with zero attached hydrogens (tertiary/aromatic N) is 1. The topological polar surface area (TPSA) is 129 Å². The van der Waals surface area contributed by atoms with Crippen LogP contribution in [0.4, 0.5) is 18.9 Å². The predicted molar refractivity (Wildman–Crippen MR) is 91.3 cm³/mol. The molecule has 0 unspecified atom stereocenters. The fourth-order valence-corrected chi connectivity index (χ4v) is 1.79. The zero-order valence-electron chi connectivity index (χ0n) is 14.2. The number of carbonyl (C=O) groups is 3. The Labute approximate surface area is 157 Å². The molecule has 150 valence electrons. The molecule has 0 atom stereocenters. The normalized spacial score (nSPS) is 10.4. The van der Waals surface area contributed by atoms with E-state index in [9.17, 15) is 18.0 Å². The molecule has 0 saturated carbocycles. The monoisotopic (exact) mass is 399 g/mol. The Morgan fingerprint density at radius 2 is 1.68 bits per heavy atom. The van der Waals surface area contributed by atoms with Crippen LogP contribution in [-0.2, 0) is 27.1 Å². The third kappa shape index (κ3) is 8.76. The van der Waals surface area contributed by atoms with Gasteiger partial charge in [-0.3, -0.25) is 9.78 Å². The summed E-state index contributed by atoms with van der Waals surface area (Å²) in [7, 11) is 0. The molecule has 0 aliphatic carbocycles. The van der Waals surface area contributed by atoms with Crippen LogP contribution in [0.2, 0.25) is 0 Å². The lowest BCUT2D eigenvalue weighted by molar-refractivity contribution is -0.159. The SMILES string of the molecule is O=C(CNCc1ccccn1)Nc1cccc(C(F)(F)F)c1.O=C(O)C(=O)O. The van der Waals surface area contributed by atoms with E-state index in [4.69, 9.17) is 19.8 Å². The van der Waals surface area contributed by atoms with Gasteiger partial charge in [-0.15, -0.1) is 0 Å². The minimum absolute atomic E-state index is 0.0210. The van der Waals surface area contributed by atoms with Crippen molar-refractivity contribution < 1.29 is 37.8 Å². The number of aromatic nitrogens is 1. The van der Waals surface area contributed by atoms with Crippen molar-refractivity contribution in [2.24, 2.45) is 0 Å². The average Bonchev–Trinajstić information content (AvgIpc) is 2.62. The maximum absolute atomic E-state index is 12.6. The minimum atomic E-state index is -4.43. The molecular weight excluding hydrogens is 383 g/mol. The van der Waals surface area contributed by atoms with Crippen molar-refractivity contribution in [2.75, 3.05) is 11.9 Å². The van der Waals surface area contributed by atoms with Crippen molar-refractivity contribution in [1.82, 2.24) is 10.3 Å². The number of nitrogens with one attached hydrogen (secondary N) is 2. The summed E-state index contributed by atoms with van der Waals surface area (Å²) in [5.41, 5.74) is 0.0839. The zero-order valence-corrected chi connectivity index (χ0v) is 14.2. The van der Waals surface area contributed by atoms with E-state index in [1.54, 1.807) is 18.3 Å². The molecule has 0 saturated heterocycles. The van der Waals surface area contributed by atoms with E-state index in [0.717, 1.165) is 17.8 Å². The van der Waals surface area contributed by atoms with Crippen LogP contribution in [-0.4, -0.2) is 39.6 Å². The highest BCUT2D eigenvalue weighted by molar-refractivity contribution is 6.27. The second kappa shape index (κ2) is 10.6. The van der Waals surface area contributed by atoms with Crippen molar-refractivity contribution in [2.45, 2.75) is 12.7 Å². The second-order valence-corrected chi connectivity index (χ2v) is 5.16. The number of pyridine rings is 1. The molecule has 11 heteroatoms. The van der Waals surface area contributed by atoms with E-state index < -0.39 is 29.6 Å². The van der Waals surface area contributed by atoms with Crippen molar-refractivity contribution in [3.05, 3.63) is 59.9 Å². The summed E-state index contributed by atoms with van der Waals surface area (Å²) in [5, 5.41) is 20.1. The van der Waals surface area contributed by atoms with Gasteiger partial charge in [0, 0.05) is 18.4 Å². The van der Waals surface area contributed by atoms with E-state index >= 15 is 0 Å². The van der Waals surface area contributed by atoms with Crippen molar-refractivity contribution in [3.63, 3.8) is 0 Å². The first-order valence-electron chi connectivity index (χ1n) is 7.63. The number of anilines is 1. The summed E-state index contributed by atoms with van der Waals surface area (Å²) in [6, 6.07) is 9.92. The molecule has 0 aliphatic heterocycles. The molecule has 1 heterocycles. The third-order valence-corrected chi connectivity index (χ3v) is 2.97. The molecule has 0 aliphatic rings. The molecule has 2 aromatic rings. The van der Waals surface area contributed by atoms with Crippen molar-refractivity contribution in [1.29, 1.82) is 0 Å². The first-order valence-corrected chi connectivity index (χ1v) is 7.63. The molecule has 1 aromatic carbocycles. The van der Waals surface area contributed by atoms with E-state index in [0.29, 0.717) is 6.54 Å². The van der Waals surface area contributed by atoms with Crippen LogP contribution in [0.25, 0.3) is 0 Å². The molecule has 1 amide bonds. The molecule has 2 rings (SSSR count). The van der Waals surface area contributed by atoms with E-state index in [-0.39, 0.29) is 12.2 Å². The van der Waals surface area contributed by atoms with Gasteiger partial charge in [0.05, 0.1) is 17.8 Å². The van der Waals surface area contributed by atoms with Crippen LogP contribution in [0, 0.1) is 0 Å². The van der Waals surface area contributed by atoms with E-state index in [1.807, 2.05) is 6.07 Å². The van der Waals surface area contributed by atoms with Crippen molar-refractivity contribution in [3.8, 4) is 0 Å². The highest BCUT2D eigenvalue weighted by Crippen LogP contribution is 2.30. The number of hydrogen-bond acceptors (Lipinski definition) is 5. The second-order valence-electron chi connectivity index (χ2n) is 5.16. The Bertz CT molecular complexity index is 801. The summed E-state index contributed by atoms with van der Waals surface area (Å²) in [4.78, 5) is 34.0. The van der Waals surface area contributed by atoms with Gasteiger partial charge in [0.1, 0.15) is 0 Å². The van der Waals surface area contributed by atoms with Crippen LogP contribution < -0.4 is 10.6 Å². The molecule has 0 spiro atoms. The first kappa shape index (κ1) is 22.6. The van der Waals surface area contributed by atoms with Crippen LogP contribution >= 0.6 is 0 Å². The number of carboxylic acids is 2. The molecule has 4 N–H and O–H groups in total. The Hall–Kier alpha value is -3.47. The highest BCUT2D eigenvalue weighted by atomic mass is 19.4. The van der Waals surface area contributed by atoms with Crippen LogP contribution in [0.15, 0.2) is 48.7 Å². The van der Waals surface area contributed by atoms with Crippen LogP contribution in [0.3, 0.4) is 0 Å². The highest BCUT2D eigenvalue weighted by Gasteiger charge is 2.30. The van der Waals surface area contributed by atoms with Gasteiger partial charge in [0.25, 0.3) is 0 Å². The number of halogens is 3. The number of aliphatic carboxylic acids is 2. The lowest BCUT2D eigenvalue weighted by Crippen LogP contribution is -2.28. The number of carboxylic acid groups (broad SMARTS) is 2. The number of benzene rings is 1.